The van der Waals surface area contributed by atoms with Gasteiger partial charge in [0.15, 0.2) is 0 Å². The van der Waals surface area contributed by atoms with Crippen molar-refractivity contribution in [1.82, 2.24) is 10.2 Å². The third-order valence-corrected chi connectivity index (χ3v) is 2.08. The van der Waals surface area contributed by atoms with Gasteiger partial charge in [0.2, 0.25) is 0 Å². The monoisotopic (exact) mass is 216 g/mol. The van der Waals surface area contributed by atoms with Gasteiger partial charge in [-0.2, -0.15) is 0 Å². The Labute approximate surface area is 93.0 Å². The van der Waals surface area contributed by atoms with E-state index < -0.39 is 0 Å². The molecule has 0 spiro atoms. The van der Waals surface area contributed by atoms with Gasteiger partial charge in [0, 0.05) is 33.4 Å². The number of carbonyl (C=O) groups excluding carboxylic acids is 1. The first-order valence-corrected chi connectivity index (χ1v) is 5.77. The summed E-state index contributed by atoms with van der Waals surface area (Å²) < 4.78 is 4.91. The molecule has 1 N–H and O–H groups in total. The van der Waals surface area contributed by atoms with Crippen LogP contribution in [0.25, 0.3) is 0 Å². The first-order valence-electron chi connectivity index (χ1n) is 5.77. The Morgan fingerprint density at radius 3 is 2.33 bits per heavy atom. The van der Waals surface area contributed by atoms with E-state index in [4.69, 9.17) is 4.74 Å². The van der Waals surface area contributed by atoms with E-state index in [0.717, 1.165) is 32.4 Å². The quantitative estimate of drug-likeness (QED) is 0.629. The lowest BCUT2D eigenvalue weighted by Gasteiger charge is -2.21. The first kappa shape index (κ1) is 14.2. The van der Waals surface area contributed by atoms with Crippen molar-refractivity contribution in [2.75, 3.05) is 33.4 Å². The molecule has 0 saturated heterocycles. The van der Waals surface area contributed by atoms with E-state index >= 15 is 0 Å². The van der Waals surface area contributed by atoms with Gasteiger partial charge in [-0.25, -0.2) is 4.79 Å². The highest BCUT2D eigenvalue weighted by molar-refractivity contribution is 5.74. The number of hydrogen-bond acceptors (Lipinski definition) is 2. The molecule has 0 radical (unpaired) electrons. The van der Waals surface area contributed by atoms with Gasteiger partial charge in [-0.05, 0) is 19.3 Å². The first-order chi connectivity index (χ1) is 7.26. The number of nitrogens with one attached hydrogen (secondary N) is 1. The maximum Gasteiger partial charge on any atom is 0.317 e. The molecule has 0 rings (SSSR count). The Bertz CT molecular complexity index is 157. The highest BCUT2D eigenvalue weighted by atomic mass is 16.5. The minimum atomic E-state index is 0.0507. The van der Waals surface area contributed by atoms with Crippen LogP contribution in [0.2, 0.25) is 0 Å². The smallest absolute Gasteiger partial charge is 0.317 e. The second-order valence-electron chi connectivity index (χ2n) is 3.57. The fourth-order valence-electron chi connectivity index (χ4n) is 1.38. The predicted molar refractivity (Wildman–Crippen MR) is 62.0 cm³/mol. The minimum absolute atomic E-state index is 0.0507. The third-order valence-electron chi connectivity index (χ3n) is 2.08. The zero-order valence-corrected chi connectivity index (χ0v) is 10.2. The molecule has 0 heterocycles. The van der Waals surface area contributed by atoms with E-state index in [1.54, 1.807) is 7.11 Å². The van der Waals surface area contributed by atoms with Crippen LogP contribution in [-0.2, 0) is 4.74 Å². The van der Waals surface area contributed by atoms with Crippen molar-refractivity contribution in [2.45, 2.75) is 33.1 Å². The summed E-state index contributed by atoms with van der Waals surface area (Å²) in [6.45, 7) is 7.23. The molecule has 0 fully saturated rings. The maximum absolute atomic E-state index is 11.7. The van der Waals surface area contributed by atoms with Crippen LogP contribution in [0, 0.1) is 0 Å². The maximum atomic E-state index is 11.7. The Hall–Kier alpha value is -0.770. The number of hydrogen-bond donors (Lipinski definition) is 1. The van der Waals surface area contributed by atoms with Crippen molar-refractivity contribution in [2.24, 2.45) is 0 Å². The minimum Gasteiger partial charge on any atom is -0.385 e. The summed E-state index contributed by atoms with van der Waals surface area (Å²) in [5.41, 5.74) is 0. The van der Waals surface area contributed by atoms with Crippen LogP contribution in [0.15, 0.2) is 0 Å². The molecule has 15 heavy (non-hydrogen) atoms. The second kappa shape index (κ2) is 9.77. The van der Waals surface area contributed by atoms with E-state index in [-0.39, 0.29) is 6.03 Å². The van der Waals surface area contributed by atoms with Gasteiger partial charge in [-0.1, -0.05) is 13.8 Å². The third kappa shape index (κ3) is 7.19. The number of carbonyl (C=O) groups is 1. The Kier molecular flexibility index (Phi) is 9.27. The Morgan fingerprint density at radius 1 is 1.27 bits per heavy atom. The Morgan fingerprint density at radius 2 is 1.87 bits per heavy atom. The van der Waals surface area contributed by atoms with Gasteiger partial charge in [-0.15, -0.1) is 0 Å². The van der Waals surface area contributed by atoms with Crippen LogP contribution in [0.5, 0.6) is 0 Å². The SMILES string of the molecule is CCCN(CCC)C(=O)NCCCOC. The summed E-state index contributed by atoms with van der Waals surface area (Å²) in [6.07, 6.45) is 2.88. The van der Waals surface area contributed by atoms with E-state index in [0.29, 0.717) is 13.2 Å². The summed E-state index contributed by atoms with van der Waals surface area (Å²) in [6, 6.07) is 0.0507. The van der Waals surface area contributed by atoms with E-state index in [9.17, 15) is 4.79 Å². The molecule has 4 nitrogen and oxygen atoms in total. The predicted octanol–water partition coefficient (Wildman–Crippen LogP) is 1.85. The molecular weight excluding hydrogens is 192 g/mol. The molecule has 0 saturated carbocycles. The summed E-state index contributed by atoms with van der Waals surface area (Å²) in [5, 5.41) is 2.89. The summed E-state index contributed by atoms with van der Waals surface area (Å²) in [4.78, 5) is 13.5. The van der Waals surface area contributed by atoms with Gasteiger partial charge < -0.3 is 15.0 Å². The fourth-order valence-corrected chi connectivity index (χ4v) is 1.38. The lowest BCUT2D eigenvalue weighted by molar-refractivity contribution is 0.185. The van der Waals surface area contributed by atoms with Crippen LogP contribution in [0.1, 0.15) is 33.1 Å². The fraction of sp³-hybridized carbons (Fsp3) is 0.909. The number of amides is 2. The molecule has 0 aliphatic carbocycles. The highest BCUT2D eigenvalue weighted by Gasteiger charge is 2.09. The van der Waals surface area contributed by atoms with Gasteiger partial charge >= 0.3 is 6.03 Å². The largest absolute Gasteiger partial charge is 0.385 e. The zero-order valence-electron chi connectivity index (χ0n) is 10.2. The number of methoxy groups -OCH3 is 1. The van der Waals surface area contributed by atoms with Gasteiger partial charge in [0.25, 0.3) is 0 Å². The molecule has 0 aromatic rings. The van der Waals surface area contributed by atoms with Crippen molar-refractivity contribution in [3.05, 3.63) is 0 Å². The molecule has 0 aliphatic heterocycles. The highest BCUT2D eigenvalue weighted by Crippen LogP contribution is 1.95. The second-order valence-corrected chi connectivity index (χ2v) is 3.57. The van der Waals surface area contributed by atoms with Gasteiger partial charge in [0.1, 0.15) is 0 Å². The molecule has 0 atom stereocenters. The van der Waals surface area contributed by atoms with Gasteiger partial charge in [0.05, 0.1) is 0 Å². The van der Waals surface area contributed by atoms with Crippen LogP contribution in [-0.4, -0.2) is 44.3 Å². The van der Waals surface area contributed by atoms with Crippen molar-refractivity contribution in [3.8, 4) is 0 Å². The van der Waals surface area contributed by atoms with Crippen molar-refractivity contribution < 1.29 is 9.53 Å². The summed E-state index contributed by atoms with van der Waals surface area (Å²) in [7, 11) is 1.67. The topological polar surface area (TPSA) is 41.6 Å². The lowest BCUT2D eigenvalue weighted by Crippen LogP contribution is -2.41. The lowest BCUT2D eigenvalue weighted by atomic mass is 10.3. The number of urea groups is 1. The standard InChI is InChI=1S/C11H24N2O2/c1-4-8-13(9-5-2)11(14)12-7-6-10-15-3/h4-10H2,1-3H3,(H,12,14). The number of nitrogens with zero attached hydrogens (tertiary/aromatic N) is 1. The molecule has 4 heteroatoms. The number of ether oxygens (including phenoxy) is 1. The van der Waals surface area contributed by atoms with Crippen LogP contribution in [0.3, 0.4) is 0 Å². The normalized spacial score (nSPS) is 10.1. The van der Waals surface area contributed by atoms with Crippen molar-refractivity contribution >= 4 is 6.03 Å². The average Bonchev–Trinajstić information content (AvgIpc) is 2.24. The molecule has 0 bridgehead atoms. The molecule has 0 aromatic carbocycles. The molecule has 2 amide bonds. The molecule has 0 aliphatic rings. The Balaban J connectivity index is 3.70. The van der Waals surface area contributed by atoms with Gasteiger partial charge in [-0.3, -0.25) is 0 Å². The van der Waals surface area contributed by atoms with Crippen molar-refractivity contribution in [1.29, 1.82) is 0 Å². The van der Waals surface area contributed by atoms with E-state index in [1.165, 1.54) is 0 Å². The van der Waals surface area contributed by atoms with Crippen LogP contribution < -0.4 is 5.32 Å². The molecular formula is C11H24N2O2. The molecule has 90 valence electrons. The summed E-state index contributed by atoms with van der Waals surface area (Å²) in [5.74, 6) is 0. The average molecular weight is 216 g/mol. The van der Waals surface area contributed by atoms with E-state index in [2.05, 4.69) is 19.2 Å². The van der Waals surface area contributed by atoms with Crippen molar-refractivity contribution in [3.63, 3.8) is 0 Å². The summed E-state index contributed by atoms with van der Waals surface area (Å²) >= 11 is 0. The van der Waals surface area contributed by atoms with E-state index in [1.807, 2.05) is 4.90 Å². The zero-order chi connectivity index (χ0) is 11.5. The van der Waals surface area contributed by atoms with Crippen LogP contribution >= 0.6 is 0 Å². The molecule has 0 unspecified atom stereocenters. The number of rotatable bonds is 8. The molecule has 0 aromatic heterocycles. The van der Waals surface area contributed by atoms with Crippen LogP contribution in [0.4, 0.5) is 4.79 Å².